The van der Waals surface area contributed by atoms with Crippen LogP contribution < -0.4 is 11.1 Å². The van der Waals surface area contributed by atoms with Crippen LogP contribution in [0.15, 0.2) is 64.7 Å². The summed E-state index contributed by atoms with van der Waals surface area (Å²) in [5.74, 6) is -0.232. The Balaban J connectivity index is 1.73. The minimum atomic E-state index is -2.69. The number of carbonyl (C=O) groups is 1. The van der Waals surface area contributed by atoms with Crippen LogP contribution in [0.2, 0.25) is 0 Å². The Morgan fingerprint density at radius 1 is 1.10 bits per heavy atom. The first-order valence-corrected chi connectivity index (χ1v) is 12.2. The lowest BCUT2D eigenvalue weighted by molar-refractivity contribution is 0.102. The molecule has 0 saturated carbocycles. The molecule has 1 heterocycles. The van der Waals surface area contributed by atoms with Crippen LogP contribution in [0.5, 0.6) is 0 Å². The van der Waals surface area contributed by atoms with E-state index in [4.69, 9.17) is 5.73 Å². The van der Waals surface area contributed by atoms with Gasteiger partial charge in [0.15, 0.2) is 0 Å². The van der Waals surface area contributed by atoms with Crippen LogP contribution in [-0.4, -0.2) is 48.3 Å². The van der Waals surface area contributed by atoms with Gasteiger partial charge in [0.1, 0.15) is 0 Å². The van der Waals surface area contributed by atoms with Crippen molar-refractivity contribution in [3.63, 3.8) is 0 Å². The number of nitrogens with two attached hydrogens (primary N) is 1. The molecule has 0 aliphatic rings. The van der Waals surface area contributed by atoms with E-state index in [1.54, 1.807) is 38.9 Å². The van der Waals surface area contributed by atoms with E-state index in [9.17, 15) is 9.69 Å². The Bertz CT molecular complexity index is 1080. The van der Waals surface area contributed by atoms with Crippen LogP contribution in [0.4, 0.5) is 11.4 Å². The Morgan fingerprint density at radius 2 is 1.77 bits per heavy atom. The fourth-order valence-electron chi connectivity index (χ4n) is 3.00. The molecule has 0 atom stereocenters. The monoisotopic (exact) mass is 457 g/mol. The summed E-state index contributed by atoms with van der Waals surface area (Å²) in [5.41, 5.74) is 9.61. The van der Waals surface area contributed by atoms with Gasteiger partial charge in [0.05, 0.1) is 17.9 Å². The van der Waals surface area contributed by atoms with E-state index in [2.05, 4.69) is 10.1 Å². The molecular formula is C22H28N5O2PS. The van der Waals surface area contributed by atoms with E-state index in [1.807, 2.05) is 70.0 Å². The van der Waals surface area contributed by atoms with Crippen molar-refractivity contribution in [2.24, 2.45) is 4.74 Å². The number of benzene rings is 2. The summed E-state index contributed by atoms with van der Waals surface area (Å²) >= 11 is 1.63. The lowest BCUT2D eigenvalue weighted by atomic mass is 10.1. The Morgan fingerprint density at radius 3 is 2.35 bits per heavy atom. The molecule has 9 heteroatoms. The quantitative estimate of drug-likeness (QED) is 0.350. The van der Waals surface area contributed by atoms with Gasteiger partial charge in [-0.2, -0.15) is 0 Å². The summed E-state index contributed by atoms with van der Waals surface area (Å²) in [6, 6.07) is 16.8. The fourth-order valence-corrected chi connectivity index (χ4v) is 5.30. The molecule has 164 valence electrons. The first-order chi connectivity index (χ1) is 14.7. The molecule has 31 heavy (non-hydrogen) atoms. The number of nitrogens with one attached hydrogen (secondary N) is 1. The van der Waals surface area contributed by atoms with E-state index in [0.717, 1.165) is 16.0 Å². The molecular weight excluding hydrogens is 429 g/mol. The third-order valence-electron chi connectivity index (χ3n) is 4.84. The summed E-state index contributed by atoms with van der Waals surface area (Å²) in [4.78, 5) is 24.6. The van der Waals surface area contributed by atoms with Gasteiger partial charge in [-0.05, 0) is 75.0 Å². The second kappa shape index (κ2) is 9.77. The lowest BCUT2D eigenvalue weighted by Crippen LogP contribution is -2.20. The highest BCUT2D eigenvalue weighted by Crippen LogP contribution is 2.48. The van der Waals surface area contributed by atoms with Crippen molar-refractivity contribution in [1.82, 2.24) is 9.34 Å². The number of thiophene rings is 1. The number of amides is 1. The van der Waals surface area contributed by atoms with Gasteiger partial charge in [0.2, 0.25) is 7.58 Å². The molecule has 0 aliphatic heterocycles. The maximum Gasteiger partial charge on any atom is 0.255 e. The van der Waals surface area contributed by atoms with Crippen molar-refractivity contribution in [3.05, 3.63) is 71.1 Å². The maximum atomic E-state index is 12.7. The predicted octanol–water partition coefficient (Wildman–Crippen LogP) is 4.81. The smallest absolute Gasteiger partial charge is 0.255 e. The van der Waals surface area contributed by atoms with Gasteiger partial charge in [-0.1, -0.05) is 24.3 Å². The Labute approximate surface area is 187 Å². The third kappa shape index (κ3) is 5.42. The van der Waals surface area contributed by atoms with E-state index in [1.165, 1.54) is 0 Å². The minimum absolute atomic E-state index is 0.232. The number of hydrogen-bond donors (Lipinski definition) is 3. The first-order valence-electron chi connectivity index (χ1n) is 9.71. The second-order valence-electron chi connectivity index (χ2n) is 7.46. The van der Waals surface area contributed by atoms with Gasteiger partial charge in [-0.3, -0.25) is 4.79 Å². The van der Waals surface area contributed by atoms with Crippen molar-refractivity contribution in [2.75, 3.05) is 39.2 Å². The highest BCUT2D eigenvalue weighted by atomic mass is 32.1. The molecule has 7 nitrogen and oxygen atoms in total. The number of rotatable bonds is 7. The molecule has 1 aromatic heterocycles. The van der Waals surface area contributed by atoms with E-state index in [0.29, 0.717) is 23.5 Å². The number of hydrogen-bond acceptors (Lipinski definition) is 4. The largest absolute Gasteiger partial charge is 0.397 e. The summed E-state index contributed by atoms with van der Waals surface area (Å²) < 4.78 is 7.99. The van der Waals surface area contributed by atoms with E-state index < -0.39 is 7.58 Å². The van der Waals surface area contributed by atoms with Crippen LogP contribution >= 0.6 is 18.9 Å². The summed E-state index contributed by atoms with van der Waals surface area (Å²) in [7, 11) is 4.55. The summed E-state index contributed by atoms with van der Waals surface area (Å²) in [5, 5.41) is 4.92. The number of carbonyl (C=O) groups excluding carboxylic acids is 1. The molecule has 0 radical (unpaired) electrons. The Kier molecular flexibility index (Phi) is 7.30. The summed E-state index contributed by atoms with van der Waals surface area (Å²) in [6.45, 7) is 0.359. The highest BCUT2D eigenvalue weighted by molar-refractivity contribution is 7.55. The predicted molar refractivity (Wildman–Crippen MR) is 131 cm³/mol. The van der Waals surface area contributed by atoms with Gasteiger partial charge in [0.25, 0.3) is 5.91 Å². The van der Waals surface area contributed by atoms with Crippen LogP contribution in [0.1, 0.15) is 15.9 Å². The van der Waals surface area contributed by atoms with Crippen molar-refractivity contribution >= 4 is 36.2 Å². The number of anilines is 2. The standard InChI is InChI=1S/C22H28N5O2PS/c1-26(2)30(29,27(3)4)24-15-16-7-9-17(10-8-16)22(28)25-20-14-18(11-12-19(20)23)21-6-5-13-31-21/h5-14,29H,15,23H2,1-4H3,(H,25,28). The molecule has 0 bridgehead atoms. The first kappa shape index (κ1) is 23.2. The van der Waals surface area contributed by atoms with Gasteiger partial charge < -0.3 is 15.9 Å². The molecule has 3 aromatic rings. The number of nitrogens with zero attached hydrogens (tertiary/aromatic N) is 3. The van der Waals surface area contributed by atoms with Crippen molar-refractivity contribution in [1.29, 1.82) is 0 Å². The van der Waals surface area contributed by atoms with Crippen LogP contribution in [0, 0.1) is 0 Å². The zero-order valence-electron chi connectivity index (χ0n) is 18.1. The molecule has 3 rings (SSSR count). The second-order valence-corrected chi connectivity index (χ2v) is 11.4. The van der Waals surface area contributed by atoms with Gasteiger partial charge in [-0.25, -0.2) is 14.1 Å². The Hall–Kier alpha value is -2.48. The third-order valence-corrected chi connectivity index (χ3v) is 8.43. The fraction of sp³-hybridized carbons (Fsp3) is 0.227. The van der Waals surface area contributed by atoms with Gasteiger partial charge in [-0.15, -0.1) is 11.3 Å². The highest BCUT2D eigenvalue weighted by Gasteiger charge is 2.21. The zero-order chi connectivity index (χ0) is 22.6. The lowest BCUT2D eigenvalue weighted by Gasteiger charge is -2.30. The molecule has 0 saturated heterocycles. The average Bonchev–Trinajstić information content (AvgIpc) is 3.28. The molecule has 0 aliphatic carbocycles. The van der Waals surface area contributed by atoms with Crippen molar-refractivity contribution in [2.45, 2.75) is 6.54 Å². The van der Waals surface area contributed by atoms with Crippen LogP contribution in [-0.2, 0) is 6.54 Å². The number of nitrogen functional groups attached to an aromatic ring is 1. The topological polar surface area (TPSA) is 94.2 Å². The minimum Gasteiger partial charge on any atom is -0.397 e. The molecule has 0 fully saturated rings. The average molecular weight is 458 g/mol. The maximum absolute atomic E-state index is 12.7. The molecule has 0 unspecified atom stereocenters. The van der Waals surface area contributed by atoms with Crippen molar-refractivity contribution < 1.29 is 9.69 Å². The SMILES string of the molecule is CN(C)P(O)(=NCc1ccc(C(=O)Nc2cc(-c3cccs3)ccc2N)cc1)N(C)C. The molecule has 4 N–H and O–H groups in total. The van der Waals surface area contributed by atoms with Crippen molar-refractivity contribution in [3.8, 4) is 10.4 Å². The summed E-state index contributed by atoms with van der Waals surface area (Å²) in [6.07, 6.45) is 0. The van der Waals surface area contributed by atoms with E-state index >= 15 is 0 Å². The van der Waals surface area contributed by atoms with Crippen LogP contribution in [0.25, 0.3) is 10.4 Å². The van der Waals surface area contributed by atoms with Gasteiger partial charge in [0, 0.05) is 10.4 Å². The molecule has 1 amide bonds. The normalized spacial score (nSPS) is 11.7. The van der Waals surface area contributed by atoms with Gasteiger partial charge >= 0.3 is 0 Å². The molecule has 2 aromatic carbocycles. The zero-order valence-corrected chi connectivity index (χ0v) is 19.8. The van der Waals surface area contributed by atoms with E-state index in [-0.39, 0.29) is 5.91 Å². The molecule has 0 spiro atoms. The van der Waals surface area contributed by atoms with Crippen LogP contribution in [0.3, 0.4) is 0 Å².